The highest BCUT2D eigenvalue weighted by Crippen LogP contribution is 2.37. The highest BCUT2D eigenvalue weighted by Gasteiger charge is 2.33. The third-order valence-corrected chi connectivity index (χ3v) is 5.97. The summed E-state index contributed by atoms with van der Waals surface area (Å²) < 4.78 is 7.50. The lowest BCUT2D eigenvalue weighted by Gasteiger charge is -2.31. The molecule has 1 aromatic heterocycles. The number of urea groups is 1. The van der Waals surface area contributed by atoms with Gasteiger partial charge in [-0.2, -0.15) is 0 Å². The number of hydrogen-bond acceptors (Lipinski definition) is 2. The van der Waals surface area contributed by atoms with E-state index in [4.69, 9.17) is 16.3 Å². The minimum Gasteiger partial charge on any atom is -0.497 e. The number of halogens is 1. The van der Waals surface area contributed by atoms with Crippen molar-refractivity contribution >= 4 is 23.3 Å². The first-order valence-corrected chi connectivity index (χ1v) is 10.7. The summed E-state index contributed by atoms with van der Waals surface area (Å²) in [7, 11) is 1.65. The van der Waals surface area contributed by atoms with E-state index in [1.54, 1.807) is 19.2 Å². The zero-order valence-electron chi connectivity index (χ0n) is 17.5. The fraction of sp³-hybridized carbons (Fsp3) is 0.115. The van der Waals surface area contributed by atoms with Crippen LogP contribution in [0.3, 0.4) is 0 Å². The van der Waals surface area contributed by atoms with Crippen LogP contribution in [-0.2, 0) is 6.54 Å². The van der Waals surface area contributed by atoms with Gasteiger partial charge >= 0.3 is 6.03 Å². The molecule has 2 heterocycles. The molecule has 0 radical (unpaired) electrons. The molecule has 3 aromatic carbocycles. The predicted molar refractivity (Wildman–Crippen MR) is 127 cm³/mol. The number of aromatic nitrogens is 1. The lowest BCUT2D eigenvalue weighted by atomic mass is 10.0. The molecule has 32 heavy (non-hydrogen) atoms. The Bertz CT molecular complexity index is 1270. The minimum atomic E-state index is -0.289. The third kappa shape index (κ3) is 3.72. The SMILES string of the molecule is COc1ccc(C2c3cccn3-c3ccccc3CN2C(=O)Nc2cccc(Cl)c2)cc1. The van der Waals surface area contributed by atoms with Crippen molar-refractivity contribution < 1.29 is 9.53 Å². The highest BCUT2D eigenvalue weighted by atomic mass is 35.5. The largest absolute Gasteiger partial charge is 0.497 e. The lowest BCUT2D eigenvalue weighted by Crippen LogP contribution is -2.37. The van der Waals surface area contributed by atoms with Crippen molar-refractivity contribution in [2.45, 2.75) is 12.6 Å². The number of nitrogens with zero attached hydrogens (tertiary/aromatic N) is 2. The summed E-state index contributed by atoms with van der Waals surface area (Å²) in [5.41, 5.74) is 4.82. The minimum absolute atomic E-state index is 0.197. The van der Waals surface area contributed by atoms with Crippen molar-refractivity contribution in [1.82, 2.24) is 9.47 Å². The molecule has 6 heteroatoms. The van der Waals surface area contributed by atoms with E-state index in [-0.39, 0.29) is 12.1 Å². The molecule has 5 nitrogen and oxygen atoms in total. The summed E-state index contributed by atoms with van der Waals surface area (Å²) in [5, 5.41) is 3.60. The van der Waals surface area contributed by atoms with Gasteiger partial charge in [0, 0.05) is 22.6 Å². The van der Waals surface area contributed by atoms with E-state index in [0.29, 0.717) is 17.3 Å². The number of amides is 2. The van der Waals surface area contributed by atoms with Crippen molar-refractivity contribution in [3.05, 3.63) is 113 Å². The first-order chi connectivity index (χ1) is 15.6. The molecule has 0 saturated heterocycles. The van der Waals surface area contributed by atoms with Crippen LogP contribution < -0.4 is 10.1 Å². The van der Waals surface area contributed by atoms with Gasteiger partial charge in [-0.15, -0.1) is 0 Å². The number of nitrogens with one attached hydrogen (secondary N) is 1. The van der Waals surface area contributed by atoms with Crippen molar-refractivity contribution in [2.24, 2.45) is 0 Å². The fourth-order valence-electron chi connectivity index (χ4n) is 4.24. The van der Waals surface area contributed by atoms with Gasteiger partial charge in [0.1, 0.15) is 5.75 Å². The Hall–Kier alpha value is -3.70. The number of rotatable bonds is 3. The first kappa shape index (κ1) is 20.2. The summed E-state index contributed by atoms with van der Waals surface area (Å²) in [6.07, 6.45) is 2.04. The van der Waals surface area contributed by atoms with Crippen LogP contribution in [0, 0.1) is 0 Å². The Balaban J connectivity index is 1.62. The van der Waals surface area contributed by atoms with Gasteiger partial charge in [0.15, 0.2) is 0 Å². The smallest absolute Gasteiger partial charge is 0.322 e. The van der Waals surface area contributed by atoms with E-state index < -0.39 is 0 Å². The summed E-state index contributed by atoms with van der Waals surface area (Å²) in [5.74, 6) is 0.774. The van der Waals surface area contributed by atoms with Crippen molar-refractivity contribution in [3.8, 4) is 11.4 Å². The maximum Gasteiger partial charge on any atom is 0.322 e. The number of anilines is 1. The highest BCUT2D eigenvalue weighted by molar-refractivity contribution is 6.30. The Morgan fingerprint density at radius 2 is 1.81 bits per heavy atom. The molecule has 1 aliphatic rings. The molecule has 0 spiro atoms. The molecule has 0 aliphatic carbocycles. The quantitative estimate of drug-likeness (QED) is 0.405. The molecule has 1 aliphatic heterocycles. The van der Waals surface area contributed by atoms with E-state index in [1.165, 1.54) is 0 Å². The molecule has 0 saturated carbocycles. The Labute approximate surface area is 191 Å². The molecule has 1 unspecified atom stereocenters. The average Bonchev–Trinajstić information content (AvgIpc) is 3.23. The van der Waals surface area contributed by atoms with E-state index in [2.05, 4.69) is 28.1 Å². The lowest BCUT2D eigenvalue weighted by molar-refractivity contribution is 0.194. The predicted octanol–water partition coefficient (Wildman–Crippen LogP) is 6.28. The van der Waals surface area contributed by atoms with Gasteiger partial charge in [0.2, 0.25) is 0 Å². The second-order valence-electron chi connectivity index (χ2n) is 7.68. The number of benzene rings is 3. The molecule has 160 valence electrons. The number of carbonyl (C=O) groups is 1. The van der Waals surface area contributed by atoms with Crippen LogP contribution in [0.1, 0.15) is 22.9 Å². The summed E-state index contributed by atoms with van der Waals surface area (Å²) in [6.45, 7) is 0.459. The Morgan fingerprint density at radius 1 is 1.00 bits per heavy atom. The van der Waals surface area contributed by atoms with Gasteiger partial charge in [0.05, 0.1) is 25.4 Å². The van der Waals surface area contributed by atoms with Crippen LogP contribution in [0.5, 0.6) is 5.75 Å². The molecule has 0 bridgehead atoms. The van der Waals surface area contributed by atoms with E-state index >= 15 is 0 Å². The zero-order chi connectivity index (χ0) is 22.1. The number of carbonyl (C=O) groups excluding carboxylic acids is 1. The molecule has 0 fully saturated rings. The Morgan fingerprint density at radius 3 is 2.59 bits per heavy atom. The molecule has 4 aromatic rings. The van der Waals surface area contributed by atoms with Crippen LogP contribution in [0.4, 0.5) is 10.5 Å². The molecule has 2 amide bonds. The van der Waals surface area contributed by atoms with Crippen LogP contribution in [0.25, 0.3) is 5.69 Å². The van der Waals surface area contributed by atoms with Crippen LogP contribution in [0.15, 0.2) is 91.1 Å². The number of fused-ring (bicyclic) bond motifs is 3. The van der Waals surface area contributed by atoms with Crippen LogP contribution in [0.2, 0.25) is 5.02 Å². The number of para-hydroxylation sites is 1. The number of hydrogen-bond donors (Lipinski definition) is 1. The normalized spacial score (nSPS) is 14.8. The molecule has 1 N–H and O–H groups in total. The molecular weight excluding hydrogens is 422 g/mol. The zero-order valence-corrected chi connectivity index (χ0v) is 18.3. The first-order valence-electron chi connectivity index (χ1n) is 10.4. The van der Waals surface area contributed by atoms with Crippen molar-refractivity contribution in [1.29, 1.82) is 0 Å². The third-order valence-electron chi connectivity index (χ3n) is 5.73. The summed E-state index contributed by atoms with van der Waals surface area (Å²) in [4.78, 5) is 15.5. The summed E-state index contributed by atoms with van der Waals surface area (Å²) in [6, 6.07) is 26.8. The van der Waals surface area contributed by atoms with Gasteiger partial charge in [-0.3, -0.25) is 0 Å². The van der Waals surface area contributed by atoms with E-state index in [0.717, 1.165) is 28.3 Å². The monoisotopic (exact) mass is 443 g/mol. The van der Waals surface area contributed by atoms with Crippen molar-refractivity contribution in [3.63, 3.8) is 0 Å². The van der Waals surface area contributed by atoms with Gasteiger partial charge in [-0.25, -0.2) is 4.79 Å². The van der Waals surface area contributed by atoms with Gasteiger partial charge < -0.3 is 19.5 Å². The fourth-order valence-corrected chi connectivity index (χ4v) is 4.43. The van der Waals surface area contributed by atoms with Crippen LogP contribution >= 0.6 is 11.6 Å². The van der Waals surface area contributed by atoms with Crippen molar-refractivity contribution in [2.75, 3.05) is 12.4 Å². The second kappa shape index (κ2) is 8.44. The average molecular weight is 444 g/mol. The van der Waals surface area contributed by atoms with Gasteiger partial charge in [-0.05, 0) is 59.7 Å². The Kier molecular flexibility index (Phi) is 5.33. The van der Waals surface area contributed by atoms with Gasteiger partial charge in [-0.1, -0.05) is 48.0 Å². The maximum absolute atomic E-state index is 13.6. The van der Waals surface area contributed by atoms with E-state index in [9.17, 15) is 4.79 Å². The number of methoxy groups -OCH3 is 1. The van der Waals surface area contributed by atoms with Crippen LogP contribution in [-0.4, -0.2) is 22.6 Å². The second-order valence-corrected chi connectivity index (χ2v) is 8.11. The number of ether oxygens (including phenoxy) is 1. The van der Waals surface area contributed by atoms with Gasteiger partial charge in [0.25, 0.3) is 0 Å². The summed E-state index contributed by atoms with van der Waals surface area (Å²) >= 11 is 6.13. The van der Waals surface area contributed by atoms with E-state index in [1.807, 2.05) is 65.7 Å². The maximum atomic E-state index is 13.6. The topological polar surface area (TPSA) is 46.5 Å². The molecule has 1 atom stereocenters. The molecule has 5 rings (SSSR count). The standard InChI is InChI=1S/C26H22ClN3O2/c1-32-22-13-11-18(12-14-22)25-24-10-5-15-29(24)23-9-3-2-6-19(23)17-30(25)26(31)28-21-8-4-7-20(27)16-21/h2-16,25H,17H2,1H3,(H,28,31). The molecular formula is C26H22ClN3O2.